The molecule has 1 aromatic rings. The normalized spacial score (nSPS) is 14.0. The van der Waals surface area contributed by atoms with Crippen LogP contribution in [0.2, 0.25) is 0 Å². The number of aliphatic hydroxyl groups excluding tert-OH is 1. The molecule has 0 aliphatic rings. The van der Waals surface area contributed by atoms with Gasteiger partial charge in [-0.15, -0.1) is 0 Å². The van der Waals surface area contributed by atoms with Crippen LogP contribution in [0.4, 0.5) is 8.78 Å². The van der Waals surface area contributed by atoms with Crippen molar-refractivity contribution in [2.24, 2.45) is 0 Å². The lowest BCUT2D eigenvalue weighted by Gasteiger charge is -2.20. The van der Waals surface area contributed by atoms with Crippen molar-refractivity contribution in [3.63, 3.8) is 0 Å². The van der Waals surface area contributed by atoms with Gasteiger partial charge in [0, 0.05) is 18.7 Å². The summed E-state index contributed by atoms with van der Waals surface area (Å²) in [6, 6.07) is 3.55. The summed E-state index contributed by atoms with van der Waals surface area (Å²) < 4.78 is 26.9. The minimum absolute atomic E-state index is 0.0115. The van der Waals surface area contributed by atoms with Crippen LogP contribution in [0.3, 0.4) is 0 Å². The molecule has 0 fully saturated rings. The van der Waals surface area contributed by atoms with E-state index in [0.717, 1.165) is 12.1 Å². The summed E-state index contributed by atoms with van der Waals surface area (Å²) in [4.78, 5) is 0. The highest BCUT2D eigenvalue weighted by molar-refractivity contribution is 5.34. The molecule has 1 atom stereocenters. The predicted molar refractivity (Wildman–Crippen MR) is 60.5 cm³/mol. The molecule has 6 heteroatoms. The van der Waals surface area contributed by atoms with Crippen LogP contribution in [0.1, 0.15) is 18.1 Å². The SMILES string of the molecule is CC(O)(CO)CNCc1c(F)cc(C#N)cc1F. The first kappa shape index (κ1) is 14.5. The largest absolute Gasteiger partial charge is 0.393 e. The van der Waals surface area contributed by atoms with Gasteiger partial charge in [-0.1, -0.05) is 0 Å². The van der Waals surface area contributed by atoms with Gasteiger partial charge in [-0.05, 0) is 19.1 Å². The van der Waals surface area contributed by atoms with Gasteiger partial charge >= 0.3 is 0 Å². The number of aliphatic hydroxyl groups is 2. The van der Waals surface area contributed by atoms with Crippen LogP contribution >= 0.6 is 0 Å². The van der Waals surface area contributed by atoms with Gasteiger partial charge in [0.1, 0.15) is 11.6 Å². The second-order valence-corrected chi connectivity index (χ2v) is 4.29. The Hall–Kier alpha value is -1.55. The number of hydrogen-bond donors (Lipinski definition) is 3. The van der Waals surface area contributed by atoms with E-state index >= 15 is 0 Å². The van der Waals surface area contributed by atoms with Crippen molar-refractivity contribution in [1.82, 2.24) is 5.32 Å². The molecule has 1 rings (SSSR count). The van der Waals surface area contributed by atoms with Crippen molar-refractivity contribution in [3.05, 3.63) is 34.9 Å². The molecule has 0 amide bonds. The van der Waals surface area contributed by atoms with E-state index in [-0.39, 0.29) is 24.2 Å². The van der Waals surface area contributed by atoms with Crippen LogP contribution in [0.5, 0.6) is 0 Å². The first-order chi connectivity index (χ1) is 8.39. The summed E-state index contributed by atoms with van der Waals surface area (Å²) in [6.45, 7) is 0.783. The number of halogens is 2. The Morgan fingerprint density at radius 2 is 1.94 bits per heavy atom. The molecular formula is C12H14F2N2O2. The lowest BCUT2D eigenvalue weighted by atomic mass is 10.1. The van der Waals surface area contributed by atoms with Crippen LogP contribution in [-0.4, -0.2) is 29.0 Å². The molecule has 0 saturated carbocycles. The van der Waals surface area contributed by atoms with E-state index in [1.165, 1.54) is 6.92 Å². The predicted octanol–water partition coefficient (Wildman–Crippen LogP) is 0.669. The molecule has 0 spiro atoms. The van der Waals surface area contributed by atoms with Crippen molar-refractivity contribution in [2.75, 3.05) is 13.2 Å². The summed E-state index contributed by atoms with van der Waals surface area (Å²) in [5.41, 5.74) is -1.64. The topological polar surface area (TPSA) is 76.3 Å². The number of nitrogens with one attached hydrogen (secondary N) is 1. The second-order valence-electron chi connectivity index (χ2n) is 4.29. The molecule has 0 aromatic heterocycles. The van der Waals surface area contributed by atoms with Gasteiger partial charge in [-0.3, -0.25) is 0 Å². The minimum atomic E-state index is -1.35. The lowest BCUT2D eigenvalue weighted by Crippen LogP contribution is -2.40. The van der Waals surface area contributed by atoms with Gasteiger partial charge in [0.15, 0.2) is 0 Å². The zero-order valence-corrected chi connectivity index (χ0v) is 9.87. The van der Waals surface area contributed by atoms with Gasteiger partial charge in [-0.25, -0.2) is 8.78 Å². The van der Waals surface area contributed by atoms with Crippen molar-refractivity contribution in [3.8, 4) is 6.07 Å². The molecule has 18 heavy (non-hydrogen) atoms. The molecule has 98 valence electrons. The van der Waals surface area contributed by atoms with Crippen LogP contribution in [0, 0.1) is 23.0 Å². The third-order valence-corrected chi connectivity index (χ3v) is 2.42. The number of nitrogens with zero attached hydrogens (tertiary/aromatic N) is 1. The molecular weight excluding hydrogens is 242 g/mol. The number of rotatable bonds is 5. The number of nitriles is 1. The first-order valence-electron chi connectivity index (χ1n) is 5.31. The molecule has 0 aliphatic heterocycles. The molecule has 4 nitrogen and oxygen atoms in total. The standard InChI is InChI=1S/C12H14F2N2O2/c1-12(18,7-17)6-16-5-9-10(13)2-8(4-15)3-11(9)14/h2-3,16-18H,5-7H2,1H3. The van der Waals surface area contributed by atoms with Gasteiger partial charge in [0.05, 0.1) is 23.8 Å². The Bertz CT molecular complexity index is 447. The summed E-state index contributed by atoms with van der Waals surface area (Å²) in [6.07, 6.45) is 0. The first-order valence-corrected chi connectivity index (χ1v) is 5.31. The summed E-state index contributed by atoms with van der Waals surface area (Å²) in [5, 5.41) is 29.4. The Morgan fingerprint density at radius 3 is 2.39 bits per heavy atom. The highest BCUT2D eigenvalue weighted by Crippen LogP contribution is 2.15. The fourth-order valence-electron chi connectivity index (χ4n) is 1.35. The molecule has 1 unspecified atom stereocenters. The molecule has 1 aromatic carbocycles. The van der Waals surface area contributed by atoms with Crippen molar-refractivity contribution in [2.45, 2.75) is 19.1 Å². The van der Waals surface area contributed by atoms with E-state index in [2.05, 4.69) is 5.32 Å². The maximum Gasteiger partial charge on any atom is 0.131 e. The third kappa shape index (κ3) is 3.74. The van der Waals surface area contributed by atoms with Crippen molar-refractivity contribution >= 4 is 0 Å². The van der Waals surface area contributed by atoms with E-state index in [0.29, 0.717) is 0 Å². The molecule has 0 aliphatic carbocycles. The average Bonchev–Trinajstić information content (AvgIpc) is 2.32. The van der Waals surface area contributed by atoms with Gasteiger partial charge in [-0.2, -0.15) is 5.26 Å². The monoisotopic (exact) mass is 256 g/mol. The van der Waals surface area contributed by atoms with E-state index in [4.69, 9.17) is 10.4 Å². The highest BCUT2D eigenvalue weighted by atomic mass is 19.1. The van der Waals surface area contributed by atoms with Gasteiger partial charge in [0.2, 0.25) is 0 Å². The van der Waals surface area contributed by atoms with E-state index in [1.54, 1.807) is 6.07 Å². The van der Waals surface area contributed by atoms with E-state index in [1.807, 2.05) is 0 Å². The van der Waals surface area contributed by atoms with Gasteiger partial charge < -0.3 is 15.5 Å². The minimum Gasteiger partial charge on any atom is -0.393 e. The quantitative estimate of drug-likeness (QED) is 0.723. The van der Waals surface area contributed by atoms with Crippen LogP contribution in [-0.2, 0) is 6.54 Å². The number of hydrogen-bond acceptors (Lipinski definition) is 4. The molecule has 0 radical (unpaired) electrons. The zero-order valence-electron chi connectivity index (χ0n) is 9.87. The fourth-order valence-corrected chi connectivity index (χ4v) is 1.35. The third-order valence-electron chi connectivity index (χ3n) is 2.42. The Morgan fingerprint density at radius 1 is 1.39 bits per heavy atom. The molecule has 3 N–H and O–H groups in total. The maximum absolute atomic E-state index is 13.5. The lowest BCUT2D eigenvalue weighted by molar-refractivity contribution is 0.00244. The smallest absolute Gasteiger partial charge is 0.131 e. The van der Waals surface area contributed by atoms with Gasteiger partial charge in [0.25, 0.3) is 0 Å². The van der Waals surface area contributed by atoms with Crippen LogP contribution in [0.25, 0.3) is 0 Å². The second kappa shape index (κ2) is 5.87. The summed E-state index contributed by atoms with van der Waals surface area (Å²) in [5.74, 6) is -1.63. The van der Waals surface area contributed by atoms with Crippen molar-refractivity contribution in [1.29, 1.82) is 5.26 Å². The van der Waals surface area contributed by atoms with Crippen LogP contribution < -0.4 is 5.32 Å². The molecule has 0 saturated heterocycles. The zero-order chi connectivity index (χ0) is 13.8. The summed E-state index contributed by atoms with van der Waals surface area (Å²) in [7, 11) is 0. The molecule has 0 heterocycles. The fraction of sp³-hybridized carbons (Fsp3) is 0.417. The Balaban J connectivity index is 2.72. The van der Waals surface area contributed by atoms with E-state index in [9.17, 15) is 13.9 Å². The molecule has 0 bridgehead atoms. The Labute approximate surface area is 103 Å². The van der Waals surface area contributed by atoms with Crippen LogP contribution in [0.15, 0.2) is 12.1 Å². The van der Waals surface area contributed by atoms with E-state index < -0.39 is 23.8 Å². The number of benzene rings is 1. The highest BCUT2D eigenvalue weighted by Gasteiger charge is 2.19. The maximum atomic E-state index is 13.5. The summed E-state index contributed by atoms with van der Waals surface area (Å²) >= 11 is 0. The van der Waals surface area contributed by atoms with Crippen molar-refractivity contribution < 1.29 is 19.0 Å². The Kier molecular flexibility index (Phi) is 4.73. The average molecular weight is 256 g/mol.